The first-order valence-electron chi connectivity index (χ1n) is 8.20. The minimum Gasteiger partial charge on any atom is -0.342 e. The molecule has 0 bridgehead atoms. The number of amides is 4. The standard InChI is InChI=1S/C15H20F3N3O3/c16-15(17,18)10-3-1-2-9(8-10)11(22)21-6-4-14(5-7-21)12(23)19-13(24)20-14/h9-10H,1-8H2,(H2,19,20,23,24). The van der Waals surface area contributed by atoms with E-state index in [0.29, 0.717) is 12.8 Å². The highest BCUT2D eigenvalue weighted by atomic mass is 19.4. The maximum absolute atomic E-state index is 12.9. The number of alkyl halides is 3. The number of carbonyl (C=O) groups excluding carboxylic acids is 3. The van der Waals surface area contributed by atoms with Crippen molar-refractivity contribution < 1.29 is 27.6 Å². The van der Waals surface area contributed by atoms with Crippen LogP contribution < -0.4 is 10.6 Å². The molecule has 0 aromatic carbocycles. The molecule has 3 rings (SSSR count). The Morgan fingerprint density at radius 1 is 1.17 bits per heavy atom. The van der Waals surface area contributed by atoms with Crippen molar-refractivity contribution in [3.63, 3.8) is 0 Å². The zero-order valence-corrected chi connectivity index (χ0v) is 13.1. The number of nitrogens with zero attached hydrogens (tertiary/aromatic N) is 1. The highest BCUT2D eigenvalue weighted by Crippen LogP contribution is 2.40. The lowest BCUT2D eigenvalue weighted by Gasteiger charge is -2.39. The summed E-state index contributed by atoms with van der Waals surface area (Å²) in [5, 5.41) is 4.79. The Labute approximate surface area is 137 Å². The maximum atomic E-state index is 12.9. The zero-order valence-electron chi connectivity index (χ0n) is 13.1. The third-order valence-electron chi connectivity index (χ3n) is 5.43. The zero-order chi connectivity index (χ0) is 17.5. The Balaban J connectivity index is 1.59. The summed E-state index contributed by atoms with van der Waals surface area (Å²) in [4.78, 5) is 37.2. The number of nitrogens with one attached hydrogen (secondary N) is 2. The van der Waals surface area contributed by atoms with Crippen LogP contribution in [0.4, 0.5) is 18.0 Å². The second-order valence-corrected chi connectivity index (χ2v) is 6.92. The summed E-state index contributed by atoms with van der Waals surface area (Å²) in [7, 11) is 0. The van der Waals surface area contributed by atoms with Gasteiger partial charge in [-0.05, 0) is 32.1 Å². The third kappa shape index (κ3) is 3.08. The van der Waals surface area contributed by atoms with Crippen LogP contribution in [0.1, 0.15) is 38.5 Å². The van der Waals surface area contributed by atoms with E-state index < -0.39 is 35.5 Å². The summed E-state index contributed by atoms with van der Waals surface area (Å²) in [6.07, 6.45) is -2.88. The quantitative estimate of drug-likeness (QED) is 0.707. The molecule has 1 aliphatic carbocycles. The van der Waals surface area contributed by atoms with Gasteiger partial charge < -0.3 is 10.2 Å². The summed E-state index contributed by atoms with van der Waals surface area (Å²) < 4.78 is 38.7. The number of hydrogen-bond donors (Lipinski definition) is 2. The van der Waals surface area contributed by atoms with E-state index in [0.717, 1.165) is 0 Å². The van der Waals surface area contributed by atoms with Gasteiger partial charge in [-0.1, -0.05) is 6.42 Å². The number of imide groups is 1. The van der Waals surface area contributed by atoms with Crippen molar-refractivity contribution in [1.29, 1.82) is 0 Å². The molecule has 2 heterocycles. The molecule has 0 aromatic rings. The molecule has 2 N–H and O–H groups in total. The highest BCUT2D eigenvalue weighted by molar-refractivity contribution is 6.07. The van der Waals surface area contributed by atoms with Gasteiger partial charge in [0.15, 0.2) is 0 Å². The van der Waals surface area contributed by atoms with Crippen LogP contribution in [0, 0.1) is 11.8 Å². The minimum absolute atomic E-state index is 0.0859. The second-order valence-electron chi connectivity index (χ2n) is 6.92. The number of rotatable bonds is 1. The number of halogens is 3. The van der Waals surface area contributed by atoms with Gasteiger partial charge in [0.1, 0.15) is 5.54 Å². The summed E-state index contributed by atoms with van der Waals surface area (Å²) in [5.74, 6) is -2.67. The molecule has 2 atom stereocenters. The molecule has 0 aromatic heterocycles. The van der Waals surface area contributed by atoms with Crippen molar-refractivity contribution in [2.45, 2.75) is 50.2 Å². The van der Waals surface area contributed by atoms with Gasteiger partial charge >= 0.3 is 12.2 Å². The van der Waals surface area contributed by atoms with E-state index in [4.69, 9.17) is 0 Å². The van der Waals surface area contributed by atoms with E-state index in [-0.39, 0.29) is 44.7 Å². The van der Waals surface area contributed by atoms with Crippen LogP contribution in [-0.2, 0) is 9.59 Å². The van der Waals surface area contributed by atoms with Crippen molar-refractivity contribution in [1.82, 2.24) is 15.5 Å². The Bertz CT molecular complexity index is 556. The predicted molar refractivity (Wildman–Crippen MR) is 76.7 cm³/mol. The van der Waals surface area contributed by atoms with E-state index in [9.17, 15) is 27.6 Å². The van der Waals surface area contributed by atoms with E-state index in [2.05, 4.69) is 10.6 Å². The lowest BCUT2D eigenvalue weighted by atomic mass is 9.79. The first-order chi connectivity index (χ1) is 11.2. The Morgan fingerprint density at radius 2 is 1.83 bits per heavy atom. The third-order valence-corrected chi connectivity index (χ3v) is 5.43. The maximum Gasteiger partial charge on any atom is 0.391 e. The van der Waals surface area contributed by atoms with Crippen molar-refractivity contribution in [3.05, 3.63) is 0 Å². The fourth-order valence-electron chi connectivity index (χ4n) is 3.96. The van der Waals surface area contributed by atoms with Crippen molar-refractivity contribution in [2.75, 3.05) is 13.1 Å². The number of carbonyl (C=O) groups is 3. The smallest absolute Gasteiger partial charge is 0.342 e. The molecule has 6 nitrogen and oxygen atoms in total. The predicted octanol–water partition coefficient (Wildman–Crippen LogP) is 1.56. The van der Waals surface area contributed by atoms with Gasteiger partial charge in [-0.3, -0.25) is 14.9 Å². The van der Waals surface area contributed by atoms with Gasteiger partial charge in [-0.25, -0.2) is 4.79 Å². The largest absolute Gasteiger partial charge is 0.391 e. The normalized spacial score (nSPS) is 30.2. The van der Waals surface area contributed by atoms with E-state index in [1.165, 1.54) is 4.90 Å². The molecule has 2 unspecified atom stereocenters. The van der Waals surface area contributed by atoms with Crippen molar-refractivity contribution >= 4 is 17.8 Å². The Kier molecular flexibility index (Phi) is 4.21. The summed E-state index contributed by atoms with van der Waals surface area (Å²) in [5.41, 5.74) is -0.977. The fraction of sp³-hybridized carbons (Fsp3) is 0.800. The number of piperidine rings is 1. The fourth-order valence-corrected chi connectivity index (χ4v) is 3.96. The molecule has 4 amide bonds. The molecule has 2 aliphatic heterocycles. The number of likely N-dealkylation sites (tertiary alicyclic amines) is 1. The van der Waals surface area contributed by atoms with Crippen molar-refractivity contribution in [2.24, 2.45) is 11.8 Å². The van der Waals surface area contributed by atoms with Gasteiger partial charge in [0.25, 0.3) is 5.91 Å². The van der Waals surface area contributed by atoms with Crippen LogP contribution in [0.2, 0.25) is 0 Å². The Morgan fingerprint density at radius 3 is 2.38 bits per heavy atom. The van der Waals surface area contributed by atoms with Crippen LogP contribution in [0.15, 0.2) is 0 Å². The van der Waals surface area contributed by atoms with E-state index in [1.54, 1.807) is 0 Å². The highest BCUT2D eigenvalue weighted by Gasteiger charge is 2.49. The van der Waals surface area contributed by atoms with Crippen LogP contribution in [0.3, 0.4) is 0 Å². The van der Waals surface area contributed by atoms with Gasteiger partial charge in [0.05, 0.1) is 5.92 Å². The molecular weight excluding hydrogens is 327 g/mol. The molecule has 24 heavy (non-hydrogen) atoms. The molecule has 1 saturated carbocycles. The van der Waals surface area contributed by atoms with Crippen LogP contribution in [0.25, 0.3) is 0 Å². The van der Waals surface area contributed by atoms with Crippen molar-refractivity contribution in [3.8, 4) is 0 Å². The van der Waals surface area contributed by atoms with Crippen LogP contribution >= 0.6 is 0 Å². The summed E-state index contributed by atoms with van der Waals surface area (Å²) in [6.45, 7) is 0.527. The van der Waals surface area contributed by atoms with Crippen LogP contribution in [-0.4, -0.2) is 47.6 Å². The van der Waals surface area contributed by atoms with Gasteiger partial charge in [-0.2, -0.15) is 13.2 Å². The van der Waals surface area contributed by atoms with E-state index >= 15 is 0 Å². The molecule has 9 heteroatoms. The summed E-state index contributed by atoms with van der Waals surface area (Å²) >= 11 is 0. The minimum atomic E-state index is -4.25. The van der Waals surface area contributed by atoms with Gasteiger partial charge in [0, 0.05) is 19.0 Å². The second kappa shape index (κ2) is 5.93. The van der Waals surface area contributed by atoms with E-state index in [1.807, 2.05) is 0 Å². The molecule has 134 valence electrons. The SMILES string of the molecule is O=C1NC(=O)C2(CCN(C(=O)C3CCCC(C(F)(F)F)C3)CC2)N1. The molecule has 3 aliphatic rings. The first kappa shape index (κ1) is 17.0. The monoisotopic (exact) mass is 347 g/mol. The lowest BCUT2D eigenvalue weighted by molar-refractivity contribution is -0.187. The average Bonchev–Trinajstić information content (AvgIpc) is 2.80. The molecule has 0 radical (unpaired) electrons. The van der Waals surface area contributed by atoms with Gasteiger partial charge in [0.2, 0.25) is 5.91 Å². The lowest BCUT2D eigenvalue weighted by Crippen LogP contribution is -2.56. The number of hydrogen-bond acceptors (Lipinski definition) is 3. The number of urea groups is 1. The molecule has 2 saturated heterocycles. The molecule has 3 fully saturated rings. The average molecular weight is 347 g/mol. The summed E-state index contributed by atoms with van der Waals surface area (Å²) in [6, 6.07) is -0.542. The topological polar surface area (TPSA) is 78.5 Å². The first-order valence-corrected chi connectivity index (χ1v) is 8.20. The van der Waals surface area contributed by atoms with Gasteiger partial charge in [-0.15, -0.1) is 0 Å². The van der Waals surface area contributed by atoms with Crippen LogP contribution in [0.5, 0.6) is 0 Å². The molecular formula is C15H20F3N3O3. The molecule has 1 spiro atoms. The Hall–Kier alpha value is -1.80.